The first-order valence-electron chi connectivity index (χ1n) is 8.20. The summed E-state index contributed by atoms with van der Waals surface area (Å²) < 4.78 is 21.0. The molecule has 0 aromatic rings. The third-order valence-corrected chi connectivity index (χ3v) is 2.90. The monoisotopic (exact) mass is 345 g/mol. The standard InChI is InChI=1S/C16H31N3O5/c1-2-7-21-9-11-23-13-14-24-12-10-22-8-6-19-16(20)15(18)4-3-5-17/h1,15H,3-14,17-18H2,(H,19,20)/t15-/m1/s1. The van der Waals surface area contributed by atoms with Crippen LogP contribution < -0.4 is 16.8 Å². The number of carbonyl (C=O) groups is 1. The van der Waals surface area contributed by atoms with E-state index in [1.165, 1.54) is 0 Å². The highest BCUT2D eigenvalue weighted by atomic mass is 16.6. The zero-order chi connectivity index (χ0) is 17.9. The number of rotatable bonds is 17. The Morgan fingerprint density at radius 2 is 1.54 bits per heavy atom. The van der Waals surface area contributed by atoms with Gasteiger partial charge in [-0.2, -0.15) is 0 Å². The van der Waals surface area contributed by atoms with Gasteiger partial charge in [0.15, 0.2) is 0 Å². The van der Waals surface area contributed by atoms with Crippen molar-refractivity contribution in [2.24, 2.45) is 11.5 Å². The molecule has 5 N–H and O–H groups in total. The molecule has 0 fully saturated rings. The maximum Gasteiger partial charge on any atom is 0.236 e. The van der Waals surface area contributed by atoms with Crippen molar-refractivity contribution in [3.8, 4) is 12.3 Å². The van der Waals surface area contributed by atoms with Gasteiger partial charge >= 0.3 is 0 Å². The molecule has 0 saturated carbocycles. The van der Waals surface area contributed by atoms with E-state index in [4.69, 9.17) is 36.8 Å². The Kier molecular flexibility index (Phi) is 17.2. The second-order valence-electron chi connectivity index (χ2n) is 4.92. The van der Waals surface area contributed by atoms with E-state index in [2.05, 4.69) is 11.2 Å². The topological polar surface area (TPSA) is 118 Å². The number of nitrogens with one attached hydrogen (secondary N) is 1. The summed E-state index contributed by atoms with van der Waals surface area (Å²) >= 11 is 0. The van der Waals surface area contributed by atoms with E-state index in [0.29, 0.717) is 72.4 Å². The molecule has 0 saturated heterocycles. The van der Waals surface area contributed by atoms with E-state index in [9.17, 15) is 4.79 Å². The lowest BCUT2D eigenvalue weighted by molar-refractivity contribution is -0.122. The molecule has 0 heterocycles. The number of carbonyl (C=O) groups excluding carboxylic acids is 1. The molecule has 0 aromatic carbocycles. The Balaban J connectivity index is 3.20. The molecule has 8 nitrogen and oxygen atoms in total. The molecule has 0 aliphatic carbocycles. The SMILES string of the molecule is C#CCOCCOCCOCCOCCNC(=O)[C@H](N)CCCN. The summed E-state index contributed by atoms with van der Waals surface area (Å²) in [6.45, 7) is 4.58. The third kappa shape index (κ3) is 15.7. The predicted octanol–water partition coefficient (Wildman–Crippen LogP) is -1.13. The van der Waals surface area contributed by atoms with E-state index in [1.807, 2.05) is 0 Å². The number of hydrogen-bond acceptors (Lipinski definition) is 7. The molecule has 0 spiro atoms. The molecule has 0 aromatic heterocycles. The van der Waals surface area contributed by atoms with Gasteiger partial charge < -0.3 is 35.7 Å². The lowest BCUT2D eigenvalue weighted by atomic mass is 10.1. The smallest absolute Gasteiger partial charge is 0.236 e. The Morgan fingerprint density at radius 3 is 2.08 bits per heavy atom. The molecule has 0 aliphatic rings. The average molecular weight is 345 g/mol. The van der Waals surface area contributed by atoms with Gasteiger partial charge in [0.25, 0.3) is 0 Å². The van der Waals surface area contributed by atoms with Crippen molar-refractivity contribution in [2.75, 3.05) is 65.9 Å². The minimum Gasteiger partial charge on any atom is -0.377 e. The first-order chi connectivity index (χ1) is 11.7. The minimum absolute atomic E-state index is 0.174. The van der Waals surface area contributed by atoms with Gasteiger partial charge in [0.2, 0.25) is 5.91 Å². The van der Waals surface area contributed by atoms with Gasteiger partial charge in [-0.25, -0.2) is 0 Å². The summed E-state index contributed by atoms with van der Waals surface area (Å²) in [5.74, 6) is 2.20. The molecule has 0 bridgehead atoms. The zero-order valence-electron chi connectivity index (χ0n) is 14.3. The van der Waals surface area contributed by atoms with E-state index >= 15 is 0 Å². The quantitative estimate of drug-likeness (QED) is 0.225. The van der Waals surface area contributed by atoms with Crippen molar-refractivity contribution in [2.45, 2.75) is 18.9 Å². The minimum atomic E-state index is -0.506. The molecule has 24 heavy (non-hydrogen) atoms. The maximum absolute atomic E-state index is 11.6. The maximum atomic E-state index is 11.6. The van der Waals surface area contributed by atoms with Crippen LogP contribution in [-0.2, 0) is 23.7 Å². The third-order valence-electron chi connectivity index (χ3n) is 2.90. The largest absolute Gasteiger partial charge is 0.377 e. The summed E-state index contributed by atoms with van der Waals surface area (Å²) in [6, 6.07) is -0.506. The van der Waals surface area contributed by atoms with Crippen LogP contribution >= 0.6 is 0 Å². The van der Waals surface area contributed by atoms with Crippen LogP contribution in [0, 0.1) is 12.3 Å². The van der Waals surface area contributed by atoms with Crippen LogP contribution in [-0.4, -0.2) is 77.9 Å². The van der Waals surface area contributed by atoms with Crippen molar-refractivity contribution in [1.82, 2.24) is 5.32 Å². The molecule has 0 aliphatic heterocycles. The molecule has 0 radical (unpaired) electrons. The van der Waals surface area contributed by atoms with Crippen LogP contribution in [0.15, 0.2) is 0 Å². The van der Waals surface area contributed by atoms with Crippen molar-refractivity contribution in [1.29, 1.82) is 0 Å². The van der Waals surface area contributed by atoms with Gasteiger partial charge in [-0.3, -0.25) is 4.79 Å². The number of ether oxygens (including phenoxy) is 4. The van der Waals surface area contributed by atoms with Gasteiger partial charge in [0, 0.05) is 6.54 Å². The first kappa shape index (κ1) is 22.8. The lowest BCUT2D eigenvalue weighted by Crippen LogP contribution is -2.42. The molecule has 0 unspecified atom stereocenters. The fourth-order valence-corrected chi connectivity index (χ4v) is 1.64. The second kappa shape index (κ2) is 18.1. The Hall–Kier alpha value is -1.21. The zero-order valence-corrected chi connectivity index (χ0v) is 14.3. The summed E-state index contributed by atoms with van der Waals surface area (Å²) in [5.41, 5.74) is 11.1. The predicted molar refractivity (Wildman–Crippen MR) is 91.4 cm³/mol. The summed E-state index contributed by atoms with van der Waals surface area (Å²) in [4.78, 5) is 11.6. The van der Waals surface area contributed by atoms with Crippen LogP contribution in [0.5, 0.6) is 0 Å². The highest BCUT2D eigenvalue weighted by Crippen LogP contribution is 1.92. The first-order valence-corrected chi connectivity index (χ1v) is 8.20. The molecule has 1 atom stereocenters. The van der Waals surface area contributed by atoms with Crippen LogP contribution in [0.25, 0.3) is 0 Å². The molecular weight excluding hydrogens is 314 g/mol. The summed E-state index contributed by atoms with van der Waals surface area (Å²) in [7, 11) is 0. The van der Waals surface area contributed by atoms with E-state index in [0.717, 1.165) is 6.42 Å². The molecule has 8 heteroatoms. The van der Waals surface area contributed by atoms with Gasteiger partial charge in [0.1, 0.15) is 6.61 Å². The molecule has 1 amide bonds. The Morgan fingerprint density at radius 1 is 1.00 bits per heavy atom. The highest BCUT2D eigenvalue weighted by molar-refractivity contribution is 5.81. The average Bonchev–Trinajstić information content (AvgIpc) is 2.59. The van der Waals surface area contributed by atoms with Gasteiger partial charge in [-0.1, -0.05) is 5.92 Å². The van der Waals surface area contributed by atoms with Crippen molar-refractivity contribution < 1.29 is 23.7 Å². The molecular formula is C16H31N3O5. The normalized spacial score (nSPS) is 11.9. The lowest BCUT2D eigenvalue weighted by Gasteiger charge is -2.12. The number of amides is 1. The number of hydrogen-bond donors (Lipinski definition) is 3. The van der Waals surface area contributed by atoms with Crippen LogP contribution in [0.4, 0.5) is 0 Å². The second-order valence-corrected chi connectivity index (χ2v) is 4.92. The highest BCUT2D eigenvalue weighted by Gasteiger charge is 2.11. The summed E-state index contributed by atoms with van der Waals surface area (Å²) in [5, 5.41) is 2.72. The van der Waals surface area contributed by atoms with Gasteiger partial charge in [0.05, 0.1) is 52.3 Å². The van der Waals surface area contributed by atoms with Crippen molar-refractivity contribution >= 4 is 5.91 Å². The molecule has 0 rings (SSSR count). The van der Waals surface area contributed by atoms with Gasteiger partial charge in [-0.05, 0) is 19.4 Å². The summed E-state index contributed by atoms with van der Waals surface area (Å²) in [6.07, 6.45) is 6.37. The molecule has 140 valence electrons. The number of nitrogens with two attached hydrogens (primary N) is 2. The van der Waals surface area contributed by atoms with E-state index in [1.54, 1.807) is 0 Å². The fourth-order valence-electron chi connectivity index (χ4n) is 1.64. The fraction of sp³-hybridized carbons (Fsp3) is 0.812. The van der Waals surface area contributed by atoms with Crippen LogP contribution in [0.1, 0.15) is 12.8 Å². The Labute approximate surface area is 144 Å². The number of terminal acetylenes is 1. The van der Waals surface area contributed by atoms with Crippen LogP contribution in [0.2, 0.25) is 0 Å². The van der Waals surface area contributed by atoms with Gasteiger partial charge in [-0.15, -0.1) is 6.42 Å². The van der Waals surface area contributed by atoms with Crippen molar-refractivity contribution in [3.05, 3.63) is 0 Å². The van der Waals surface area contributed by atoms with Crippen molar-refractivity contribution in [3.63, 3.8) is 0 Å². The van der Waals surface area contributed by atoms with Crippen LogP contribution in [0.3, 0.4) is 0 Å². The van der Waals surface area contributed by atoms with E-state index in [-0.39, 0.29) is 5.91 Å². The van der Waals surface area contributed by atoms with E-state index < -0.39 is 6.04 Å². The Bertz CT molecular complexity index is 336.